The minimum absolute atomic E-state index is 0.00618. The van der Waals surface area contributed by atoms with Crippen LogP contribution in [0.1, 0.15) is 73.4 Å². The number of hydrogen-bond acceptors (Lipinski definition) is 2. The van der Waals surface area contributed by atoms with Crippen LogP contribution < -0.4 is 0 Å². The Hall–Kier alpha value is -1.36. The summed E-state index contributed by atoms with van der Waals surface area (Å²) in [6.07, 6.45) is 3.55. The van der Waals surface area contributed by atoms with Gasteiger partial charge in [0.2, 0.25) is 0 Å². The number of aryl methyl sites for hydroxylation is 1. The molecule has 0 bridgehead atoms. The number of carbonyl (C=O) groups excluding carboxylic acids is 1. The molecule has 0 radical (unpaired) electrons. The Kier molecular flexibility index (Phi) is 6.06. The number of benzene rings is 1. The first kappa shape index (κ1) is 19.4. The number of Topliss-reactive ketones (excluding diaryl/α,β-unsaturated/α-hetero) is 1. The summed E-state index contributed by atoms with van der Waals surface area (Å²) < 4.78 is 38.8. The second-order valence-electron chi connectivity index (χ2n) is 7.71. The molecule has 1 aromatic carbocycles. The monoisotopic (exact) mass is 367 g/mol. The Morgan fingerprint density at radius 3 is 2.46 bits per heavy atom. The molecule has 1 aliphatic carbocycles. The average molecular weight is 367 g/mol. The van der Waals surface area contributed by atoms with Gasteiger partial charge < -0.3 is 4.90 Å². The van der Waals surface area contributed by atoms with Crippen molar-refractivity contribution in [1.29, 1.82) is 0 Å². The van der Waals surface area contributed by atoms with Crippen LogP contribution >= 0.6 is 0 Å². The van der Waals surface area contributed by atoms with Crippen LogP contribution in [0.15, 0.2) is 18.2 Å². The van der Waals surface area contributed by atoms with E-state index in [4.69, 9.17) is 0 Å². The Bertz CT molecular complexity index is 635. The molecule has 144 valence electrons. The molecule has 2 fully saturated rings. The third-order valence-corrected chi connectivity index (χ3v) is 6.04. The zero-order chi connectivity index (χ0) is 18.7. The highest BCUT2D eigenvalue weighted by Gasteiger charge is 2.34. The fourth-order valence-corrected chi connectivity index (χ4v) is 4.66. The average Bonchev–Trinajstić information content (AvgIpc) is 3.15. The molecule has 2 aliphatic rings. The van der Waals surface area contributed by atoms with Crippen molar-refractivity contribution in [3.8, 4) is 0 Å². The number of nitrogens with zero attached hydrogens (tertiary/aromatic N) is 1. The molecule has 1 heterocycles. The van der Waals surface area contributed by atoms with E-state index in [1.807, 2.05) is 0 Å². The van der Waals surface area contributed by atoms with Gasteiger partial charge in [-0.05, 0) is 68.8 Å². The Balaban J connectivity index is 1.76. The van der Waals surface area contributed by atoms with Gasteiger partial charge in [-0.25, -0.2) is 0 Å². The molecule has 2 nitrogen and oxygen atoms in total. The number of alkyl halides is 3. The van der Waals surface area contributed by atoms with E-state index in [1.165, 1.54) is 25.3 Å². The third kappa shape index (κ3) is 4.30. The van der Waals surface area contributed by atoms with Gasteiger partial charge in [0.05, 0.1) is 5.56 Å². The summed E-state index contributed by atoms with van der Waals surface area (Å²) in [4.78, 5) is 15.4. The molecule has 1 saturated heterocycles. The maximum absolute atomic E-state index is 12.9. The number of hydrogen-bond donors (Lipinski definition) is 0. The van der Waals surface area contributed by atoms with Crippen molar-refractivity contribution < 1.29 is 18.0 Å². The minimum atomic E-state index is -4.37. The van der Waals surface area contributed by atoms with E-state index in [2.05, 4.69) is 4.90 Å². The minimum Gasteiger partial charge on any atom is -0.300 e. The molecule has 1 aromatic rings. The van der Waals surface area contributed by atoms with Crippen LogP contribution in [-0.4, -0.2) is 29.8 Å². The van der Waals surface area contributed by atoms with Crippen LogP contribution in [0.5, 0.6) is 0 Å². The summed E-state index contributed by atoms with van der Waals surface area (Å²) in [6.45, 7) is 4.05. The molecule has 5 heteroatoms. The van der Waals surface area contributed by atoms with Gasteiger partial charge in [-0.1, -0.05) is 25.8 Å². The molecule has 0 N–H and O–H groups in total. The van der Waals surface area contributed by atoms with E-state index in [9.17, 15) is 18.0 Å². The summed E-state index contributed by atoms with van der Waals surface area (Å²) in [6, 6.07) is 4.05. The highest BCUT2D eigenvalue weighted by atomic mass is 19.4. The number of carbonyl (C=O) groups is 1. The van der Waals surface area contributed by atoms with Crippen molar-refractivity contribution >= 4 is 5.78 Å². The molecule has 0 aromatic heterocycles. The summed E-state index contributed by atoms with van der Waals surface area (Å²) in [5.74, 6) is 0.341. The second kappa shape index (κ2) is 8.12. The lowest BCUT2D eigenvalue weighted by Crippen LogP contribution is -2.41. The van der Waals surface area contributed by atoms with Crippen LogP contribution in [0.2, 0.25) is 0 Å². The maximum Gasteiger partial charge on any atom is 0.416 e. The highest BCUT2D eigenvalue weighted by molar-refractivity contribution is 5.97. The van der Waals surface area contributed by atoms with Crippen molar-refractivity contribution in [2.45, 2.75) is 70.5 Å². The highest BCUT2D eigenvalue weighted by Crippen LogP contribution is 2.35. The fourth-order valence-electron chi connectivity index (χ4n) is 4.66. The lowest BCUT2D eigenvalue weighted by molar-refractivity contribution is -0.137. The Labute approximate surface area is 153 Å². The Morgan fingerprint density at radius 2 is 1.81 bits per heavy atom. The second-order valence-corrected chi connectivity index (χ2v) is 7.71. The summed E-state index contributed by atoms with van der Waals surface area (Å²) >= 11 is 0. The van der Waals surface area contributed by atoms with E-state index in [1.54, 1.807) is 6.92 Å². The largest absolute Gasteiger partial charge is 0.416 e. The molecule has 26 heavy (non-hydrogen) atoms. The van der Waals surface area contributed by atoms with E-state index in [-0.39, 0.29) is 5.78 Å². The van der Waals surface area contributed by atoms with Gasteiger partial charge in [0.1, 0.15) is 0 Å². The number of rotatable bonds is 5. The van der Waals surface area contributed by atoms with Crippen molar-refractivity contribution in [3.05, 3.63) is 34.9 Å². The van der Waals surface area contributed by atoms with Gasteiger partial charge in [0, 0.05) is 18.0 Å². The molecule has 2 atom stereocenters. The lowest BCUT2D eigenvalue weighted by Gasteiger charge is -2.37. The normalized spacial score (nSPS) is 24.8. The maximum atomic E-state index is 12.9. The smallest absolute Gasteiger partial charge is 0.300 e. The van der Waals surface area contributed by atoms with Crippen molar-refractivity contribution in [3.63, 3.8) is 0 Å². The van der Waals surface area contributed by atoms with Gasteiger partial charge in [0.15, 0.2) is 5.78 Å². The first-order valence-electron chi connectivity index (χ1n) is 9.87. The van der Waals surface area contributed by atoms with Crippen molar-refractivity contribution in [1.82, 2.24) is 4.90 Å². The molecule has 0 spiro atoms. The van der Waals surface area contributed by atoms with E-state index < -0.39 is 11.7 Å². The quantitative estimate of drug-likeness (QED) is 0.641. The van der Waals surface area contributed by atoms with Gasteiger partial charge >= 0.3 is 6.18 Å². The first-order chi connectivity index (χ1) is 12.4. The SMILES string of the molecule is CCc1cc(C(F)(F)F)ccc1C(=O)C[C@@H]1CCCC[C@@H]1N1CCCC1. The van der Waals surface area contributed by atoms with Crippen molar-refractivity contribution in [2.24, 2.45) is 5.92 Å². The van der Waals surface area contributed by atoms with Gasteiger partial charge in [-0.3, -0.25) is 4.79 Å². The first-order valence-corrected chi connectivity index (χ1v) is 9.87. The van der Waals surface area contributed by atoms with Crippen LogP contribution in [0.4, 0.5) is 13.2 Å². The summed E-state index contributed by atoms with van der Waals surface area (Å²) in [7, 11) is 0. The van der Waals surface area contributed by atoms with E-state index >= 15 is 0 Å². The Morgan fingerprint density at radius 1 is 1.12 bits per heavy atom. The number of likely N-dealkylation sites (tertiary alicyclic amines) is 1. The summed E-state index contributed by atoms with van der Waals surface area (Å²) in [5.41, 5.74) is 0.322. The van der Waals surface area contributed by atoms with Gasteiger partial charge in [-0.15, -0.1) is 0 Å². The molecule has 0 unspecified atom stereocenters. The molecule has 1 aliphatic heterocycles. The predicted molar refractivity (Wildman–Crippen MR) is 96.3 cm³/mol. The third-order valence-electron chi connectivity index (χ3n) is 6.04. The van der Waals surface area contributed by atoms with Gasteiger partial charge in [0.25, 0.3) is 0 Å². The van der Waals surface area contributed by atoms with E-state index in [0.717, 1.165) is 44.5 Å². The molecule has 3 rings (SSSR count). The molecular weight excluding hydrogens is 339 g/mol. The number of halogens is 3. The molecule has 0 amide bonds. The van der Waals surface area contributed by atoms with Crippen molar-refractivity contribution in [2.75, 3.05) is 13.1 Å². The zero-order valence-electron chi connectivity index (χ0n) is 15.4. The molecular formula is C21H28F3NO. The number of ketones is 1. The zero-order valence-corrected chi connectivity index (χ0v) is 15.4. The van der Waals surface area contributed by atoms with E-state index in [0.29, 0.717) is 35.9 Å². The van der Waals surface area contributed by atoms with Crippen LogP contribution in [0, 0.1) is 5.92 Å². The van der Waals surface area contributed by atoms with Crippen LogP contribution in [0.3, 0.4) is 0 Å². The topological polar surface area (TPSA) is 20.3 Å². The van der Waals surface area contributed by atoms with Crippen LogP contribution in [0.25, 0.3) is 0 Å². The van der Waals surface area contributed by atoms with Crippen LogP contribution in [-0.2, 0) is 12.6 Å². The predicted octanol–water partition coefficient (Wildman–Crippen LogP) is 5.50. The lowest BCUT2D eigenvalue weighted by atomic mass is 9.79. The van der Waals surface area contributed by atoms with Gasteiger partial charge in [-0.2, -0.15) is 13.2 Å². The fraction of sp³-hybridized carbons (Fsp3) is 0.667. The molecule has 1 saturated carbocycles. The standard InChI is InChI=1S/C21H28F3NO/c1-2-15-13-17(21(22,23)24)9-10-18(15)20(26)14-16-7-3-4-8-19(16)25-11-5-6-12-25/h9-10,13,16,19H,2-8,11-12,14H2,1H3/t16-,19-/m0/s1. The summed E-state index contributed by atoms with van der Waals surface area (Å²) in [5, 5.41) is 0.